The maximum absolute atomic E-state index is 11.2. The van der Waals surface area contributed by atoms with Gasteiger partial charge < -0.3 is 9.64 Å². The van der Waals surface area contributed by atoms with E-state index in [2.05, 4.69) is 9.97 Å². The van der Waals surface area contributed by atoms with Crippen molar-refractivity contribution in [1.29, 1.82) is 0 Å². The van der Waals surface area contributed by atoms with E-state index in [-0.39, 0.29) is 12.0 Å². The second-order valence-electron chi connectivity index (χ2n) is 3.46. The molecule has 15 heavy (non-hydrogen) atoms. The van der Waals surface area contributed by atoms with Crippen LogP contribution in [0.5, 0.6) is 0 Å². The molecule has 2 heterocycles. The summed E-state index contributed by atoms with van der Waals surface area (Å²) >= 11 is 0. The molecule has 2 rings (SSSR count). The van der Waals surface area contributed by atoms with Crippen LogP contribution in [-0.2, 0) is 9.53 Å². The minimum atomic E-state index is -0.120. The highest BCUT2D eigenvalue weighted by molar-refractivity contribution is 5.73. The number of carbonyl (C=O) groups excluding carboxylic acids is 1. The van der Waals surface area contributed by atoms with Crippen molar-refractivity contribution in [2.24, 2.45) is 0 Å². The predicted octanol–water partition coefficient (Wildman–Crippen LogP) is 0.396. The Kier molecular flexibility index (Phi) is 2.91. The molecule has 5 nitrogen and oxygen atoms in total. The number of aromatic nitrogens is 2. The van der Waals surface area contributed by atoms with Crippen LogP contribution in [0.2, 0.25) is 0 Å². The number of hydrogen-bond donors (Lipinski definition) is 0. The van der Waals surface area contributed by atoms with E-state index in [9.17, 15) is 4.79 Å². The first-order valence-corrected chi connectivity index (χ1v) is 4.90. The highest BCUT2D eigenvalue weighted by Crippen LogP contribution is 2.19. The number of ether oxygens (including phenoxy) is 1. The molecule has 1 aromatic heterocycles. The van der Waals surface area contributed by atoms with Crippen LogP contribution in [0.25, 0.3) is 0 Å². The normalized spacial score (nSPS) is 21.4. The first kappa shape index (κ1) is 10.0. The first-order chi connectivity index (χ1) is 7.27. The van der Waals surface area contributed by atoms with E-state index in [4.69, 9.17) is 4.74 Å². The molecule has 1 aliphatic rings. The summed E-state index contributed by atoms with van der Waals surface area (Å²) in [5.74, 6) is 0.0809. The molecule has 0 saturated carbocycles. The zero-order valence-electron chi connectivity index (χ0n) is 8.59. The standard InChI is InChI=1S/C10H13N3O2/c1-8(14)13-4-5-15-10(6-13)9-2-3-11-7-12-9/h2-3,7,10H,4-6H2,1H3/t10-/m1/s1. The smallest absolute Gasteiger partial charge is 0.219 e. The van der Waals surface area contributed by atoms with Crippen LogP contribution in [0.1, 0.15) is 18.7 Å². The van der Waals surface area contributed by atoms with Crippen molar-refractivity contribution in [3.63, 3.8) is 0 Å². The molecule has 0 bridgehead atoms. The van der Waals surface area contributed by atoms with Gasteiger partial charge in [-0.3, -0.25) is 4.79 Å². The van der Waals surface area contributed by atoms with Gasteiger partial charge in [0.2, 0.25) is 5.91 Å². The molecule has 80 valence electrons. The molecule has 0 aliphatic carbocycles. The summed E-state index contributed by atoms with van der Waals surface area (Å²) in [5, 5.41) is 0. The Labute approximate surface area is 88.1 Å². The van der Waals surface area contributed by atoms with Gasteiger partial charge >= 0.3 is 0 Å². The highest BCUT2D eigenvalue weighted by Gasteiger charge is 2.24. The Bertz CT molecular complexity index is 342. The quantitative estimate of drug-likeness (QED) is 0.668. The van der Waals surface area contributed by atoms with E-state index in [0.717, 1.165) is 5.69 Å². The van der Waals surface area contributed by atoms with Crippen LogP contribution in [0.4, 0.5) is 0 Å². The van der Waals surface area contributed by atoms with Gasteiger partial charge in [-0.1, -0.05) is 0 Å². The molecule has 1 aliphatic heterocycles. The lowest BCUT2D eigenvalue weighted by Crippen LogP contribution is -2.41. The van der Waals surface area contributed by atoms with Gasteiger partial charge in [0.1, 0.15) is 12.4 Å². The lowest BCUT2D eigenvalue weighted by atomic mass is 10.2. The van der Waals surface area contributed by atoms with Gasteiger partial charge in [0, 0.05) is 19.7 Å². The molecule has 1 saturated heterocycles. The number of hydrogen-bond acceptors (Lipinski definition) is 4. The van der Waals surface area contributed by atoms with Crippen LogP contribution < -0.4 is 0 Å². The van der Waals surface area contributed by atoms with E-state index in [1.807, 2.05) is 6.07 Å². The summed E-state index contributed by atoms with van der Waals surface area (Å²) < 4.78 is 5.56. The topological polar surface area (TPSA) is 55.3 Å². The van der Waals surface area contributed by atoms with E-state index in [0.29, 0.717) is 19.7 Å². The molecule has 1 fully saturated rings. The van der Waals surface area contributed by atoms with Crippen LogP contribution in [0, 0.1) is 0 Å². The maximum atomic E-state index is 11.2. The third kappa shape index (κ3) is 2.30. The predicted molar refractivity (Wildman–Crippen MR) is 53.0 cm³/mol. The molecule has 5 heteroatoms. The fourth-order valence-electron chi connectivity index (χ4n) is 1.61. The van der Waals surface area contributed by atoms with Gasteiger partial charge in [-0.15, -0.1) is 0 Å². The molecule has 0 N–H and O–H groups in total. The van der Waals surface area contributed by atoms with Gasteiger partial charge in [-0.2, -0.15) is 0 Å². The van der Waals surface area contributed by atoms with Gasteiger partial charge in [-0.25, -0.2) is 9.97 Å². The molecule has 1 amide bonds. The number of nitrogens with zero attached hydrogens (tertiary/aromatic N) is 3. The lowest BCUT2D eigenvalue weighted by Gasteiger charge is -2.31. The van der Waals surface area contributed by atoms with Crippen molar-refractivity contribution in [2.75, 3.05) is 19.7 Å². The monoisotopic (exact) mass is 207 g/mol. The fraction of sp³-hybridized carbons (Fsp3) is 0.500. The summed E-state index contributed by atoms with van der Waals surface area (Å²) in [4.78, 5) is 21.0. The summed E-state index contributed by atoms with van der Waals surface area (Å²) in [5.41, 5.74) is 0.830. The van der Waals surface area contributed by atoms with Gasteiger partial charge in [0.15, 0.2) is 0 Å². The van der Waals surface area contributed by atoms with Crippen molar-refractivity contribution in [1.82, 2.24) is 14.9 Å². The number of morpholine rings is 1. The van der Waals surface area contributed by atoms with Crippen LogP contribution in [0.3, 0.4) is 0 Å². The second kappa shape index (κ2) is 4.35. The molecular weight excluding hydrogens is 194 g/mol. The highest BCUT2D eigenvalue weighted by atomic mass is 16.5. The molecule has 0 spiro atoms. The van der Waals surface area contributed by atoms with Crippen molar-refractivity contribution >= 4 is 5.91 Å². The average Bonchev–Trinajstić information content (AvgIpc) is 2.30. The Hall–Kier alpha value is -1.49. The molecule has 1 atom stereocenters. The van der Waals surface area contributed by atoms with Crippen molar-refractivity contribution in [3.05, 3.63) is 24.3 Å². The van der Waals surface area contributed by atoms with Crippen molar-refractivity contribution < 1.29 is 9.53 Å². The van der Waals surface area contributed by atoms with E-state index in [1.165, 1.54) is 6.33 Å². The zero-order chi connectivity index (χ0) is 10.7. The molecule has 0 radical (unpaired) electrons. The Morgan fingerprint density at radius 3 is 3.20 bits per heavy atom. The zero-order valence-corrected chi connectivity index (χ0v) is 8.59. The SMILES string of the molecule is CC(=O)N1CCO[C@@H](c2ccncn2)C1. The Morgan fingerprint density at radius 2 is 2.53 bits per heavy atom. The van der Waals surface area contributed by atoms with Crippen molar-refractivity contribution in [2.45, 2.75) is 13.0 Å². The summed E-state index contributed by atoms with van der Waals surface area (Å²) in [7, 11) is 0. The van der Waals surface area contributed by atoms with Crippen molar-refractivity contribution in [3.8, 4) is 0 Å². The first-order valence-electron chi connectivity index (χ1n) is 4.90. The Balaban J connectivity index is 2.08. The minimum Gasteiger partial charge on any atom is -0.368 e. The second-order valence-corrected chi connectivity index (χ2v) is 3.46. The van der Waals surface area contributed by atoms with Crippen LogP contribution in [0.15, 0.2) is 18.6 Å². The molecular formula is C10H13N3O2. The number of carbonyl (C=O) groups is 1. The third-order valence-electron chi connectivity index (χ3n) is 2.45. The summed E-state index contributed by atoms with van der Waals surface area (Å²) in [6.07, 6.45) is 3.05. The number of amides is 1. The summed E-state index contributed by atoms with van der Waals surface area (Å²) in [6, 6.07) is 1.81. The van der Waals surface area contributed by atoms with Gasteiger partial charge in [0.05, 0.1) is 18.8 Å². The largest absolute Gasteiger partial charge is 0.368 e. The fourth-order valence-corrected chi connectivity index (χ4v) is 1.61. The lowest BCUT2D eigenvalue weighted by molar-refractivity contribution is -0.136. The maximum Gasteiger partial charge on any atom is 0.219 e. The van der Waals surface area contributed by atoms with Gasteiger partial charge in [-0.05, 0) is 6.07 Å². The minimum absolute atomic E-state index is 0.0809. The molecule has 0 aromatic carbocycles. The van der Waals surface area contributed by atoms with E-state index >= 15 is 0 Å². The van der Waals surface area contributed by atoms with Crippen LogP contribution >= 0.6 is 0 Å². The Morgan fingerprint density at radius 1 is 1.67 bits per heavy atom. The average molecular weight is 207 g/mol. The van der Waals surface area contributed by atoms with E-state index < -0.39 is 0 Å². The molecule has 0 unspecified atom stereocenters. The summed E-state index contributed by atoms with van der Waals surface area (Å²) in [6.45, 7) is 3.37. The van der Waals surface area contributed by atoms with Crippen LogP contribution in [-0.4, -0.2) is 40.5 Å². The molecule has 1 aromatic rings. The third-order valence-corrected chi connectivity index (χ3v) is 2.45. The van der Waals surface area contributed by atoms with E-state index in [1.54, 1.807) is 18.0 Å². The van der Waals surface area contributed by atoms with Gasteiger partial charge in [0.25, 0.3) is 0 Å². The number of rotatable bonds is 1.